The Kier molecular flexibility index (Phi) is 3.53. The van der Waals surface area contributed by atoms with E-state index in [-0.39, 0.29) is 5.97 Å². The Labute approximate surface area is 86.0 Å². The molecule has 0 aromatic heterocycles. The zero-order valence-corrected chi connectivity index (χ0v) is 9.38. The summed E-state index contributed by atoms with van der Waals surface area (Å²) in [6, 6.07) is 0. The maximum Gasteiger partial charge on any atom is 0.304 e. The molecule has 2 N–H and O–H groups in total. The normalized spacial score (nSPS) is 33.1. The molecule has 14 heavy (non-hydrogen) atoms. The van der Waals surface area contributed by atoms with Crippen LogP contribution in [0.25, 0.3) is 0 Å². The fourth-order valence-corrected chi connectivity index (χ4v) is 2.18. The van der Waals surface area contributed by atoms with Crippen molar-refractivity contribution >= 4 is 5.97 Å². The summed E-state index contributed by atoms with van der Waals surface area (Å²) >= 11 is 0. The zero-order valence-electron chi connectivity index (χ0n) is 9.38. The molecule has 3 heteroatoms. The van der Waals surface area contributed by atoms with E-state index < -0.39 is 5.72 Å². The van der Waals surface area contributed by atoms with E-state index in [4.69, 9.17) is 10.5 Å². The average Bonchev–Trinajstić information content (AvgIpc) is 2.02. The van der Waals surface area contributed by atoms with E-state index in [0.29, 0.717) is 5.92 Å². The van der Waals surface area contributed by atoms with Gasteiger partial charge in [-0.25, -0.2) is 0 Å². The third kappa shape index (κ3) is 2.98. The van der Waals surface area contributed by atoms with E-state index in [2.05, 4.69) is 13.8 Å². The van der Waals surface area contributed by atoms with Gasteiger partial charge in [0.2, 0.25) is 0 Å². The van der Waals surface area contributed by atoms with Gasteiger partial charge in [0, 0.05) is 19.8 Å². The maximum atomic E-state index is 10.8. The van der Waals surface area contributed by atoms with Gasteiger partial charge >= 0.3 is 5.97 Å². The Bertz CT molecular complexity index is 205. The quantitative estimate of drug-likeness (QED) is 0.547. The highest BCUT2D eigenvalue weighted by Gasteiger charge is 2.35. The molecule has 0 radical (unpaired) electrons. The summed E-state index contributed by atoms with van der Waals surface area (Å²) in [5, 5.41) is 0. The van der Waals surface area contributed by atoms with Crippen molar-refractivity contribution in [1.29, 1.82) is 0 Å². The molecule has 1 rings (SSSR count). The molecule has 0 heterocycles. The largest absolute Gasteiger partial charge is 0.444 e. The van der Waals surface area contributed by atoms with E-state index in [1.165, 1.54) is 6.92 Å². The van der Waals surface area contributed by atoms with Crippen LogP contribution in [0.4, 0.5) is 0 Å². The molecule has 0 unspecified atom stereocenters. The van der Waals surface area contributed by atoms with E-state index in [0.717, 1.165) is 31.6 Å². The Balaban J connectivity index is 2.44. The molecular formula is C11H21NO2. The van der Waals surface area contributed by atoms with Gasteiger partial charge in [-0.05, 0) is 24.7 Å². The topological polar surface area (TPSA) is 52.3 Å². The van der Waals surface area contributed by atoms with Crippen molar-refractivity contribution in [3.8, 4) is 0 Å². The van der Waals surface area contributed by atoms with Crippen molar-refractivity contribution in [1.82, 2.24) is 0 Å². The molecule has 3 nitrogen and oxygen atoms in total. The van der Waals surface area contributed by atoms with E-state index in [1.54, 1.807) is 0 Å². The molecule has 0 aromatic carbocycles. The van der Waals surface area contributed by atoms with E-state index in [1.807, 2.05) is 0 Å². The van der Waals surface area contributed by atoms with Gasteiger partial charge in [0.1, 0.15) is 0 Å². The fourth-order valence-electron chi connectivity index (χ4n) is 2.18. The lowest BCUT2D eigenvalue weighted by Gasteiger charge is -2.37. The van der Waals surface area contributed by atoms with Gasteiger partial charge in [-0.15, -0.1) is 0 Å². The molecule has 0 saturated heterocycles. The van der Waals surface area contributed by atoms with Crippen LogP contribution >= 0.6 is 0 Å². The molecule has 0 atom stereocenters. The second kappa shape index (κ2) is 4.30. The highest BCUT2D eigenvalue weighted by molar-refractivity contribution is 5.66. The highest BCUT2D eigenvalue weighted by atomic mass is 16.6. The molecule has 0 aliphatic heterocycles. The lowest BCUT2D eigenvalue weighted by Crippen LogP contribution is -2.47. The first kappa shape index (κ1) is 11.5. The molecule has 82 valence electrons. The van der Waals surface area contributed by atoms with Crippen molar-refractivity contribution < 1.29 is 9.53 Å². The van der Waals surface area contributed by atoms with Crippen molar-refractivity contribution in [2.45, 2.75) is 52.2 Å². The van der Waals surface area contributed by atoms with Crippen molar-refractivity contribution in [2.24, 2.45) is 17.6 Å². The van der Waals surface area contributed by atoms with Crippen LogP contribution in [0.2, 0.25) is 0 Å². The summed E-state index contributed by atoms with van der Waals surface area (Å²) in [5.41, 5.74) is 5.30. The van der Waals surface area contributed by atoms with Crippen LogP contribution in [0.5, 0.6) is 0 Å². The number of rotatable bonds is 2. The molecular weight excluding hydrogens is 178 g/mol. The van der Waals surface area contributed by atoms with Crippen molar-refractivity contribution in [2.75, 3.05) is 0 Å². The van der Waals surface area contributed by atoms with Crippen molar-refractivity contribution in [3.63, 3.8) is 0 Å². The minimum atomic E-state index is -0.683. The summed E-state index contributed by atoms with van der Waals surface area (Å²) in [6.07, 6.45) is 3.74. The maximum absolute atomic E-state index is 10.8. The molecule has 1 fully saturated rings. The number of nitrogens with two attached hydrogens (primary N) is 1. The van der Waals surface area contributed by atoms with Gasteiger partial charge in [-0.3, -0.25) is 10.5 Å². The third-order valence-corrected chi connectivity index (χ3v) is 3.17. The first-order valence-corrected chi connectivity index (χ1v) is 5.41. The number of hydrogen-bond donors (Lipinski definition) is 1. The predicted octanol–water partition coefficient (Wildman–Crippen LogP) is 2.05. The van der Waals surface area contributed by atoms with Gasteiger partial charge in [0.05, 0.1) is 0 Å². The van der Waals surface area contributed by atoms with Crippen molar-refractivity contribution in [3.05, 3.63) is 0 Å². The number of carbonyl (C=O) groups is 1. The van der Waals surface area contributed by atoms with Crippen LogP contribution in [0.3, 0.4) is 0 Å². The Hall–Kier alpha value is -0.570. The van der Waals surface area contributed by atoms with E-state index in [9.17, 15) is 4.79 Å². The number of hydrogen-bond acceptors (Lipinski definition) is 3. The lowest BCUT2D eigenvalue weighted by atomic mass is 9.78. The minimum absolute atomic E-state index is 0.268. The third-order valence-electron chi connectivity index (χ3n) is 3.17. The van der Waals surface area contributed by atoms with Crippen LogP contribution in [-0.4, -0.2) is 11.7 Å². The van der Waals surface area contributed by atoms with Gasteiger partial charge in [-0.2, -0.15) is 0 Å². The fraction of sp³-hybridized carbons (Fsp3) is 0.909. The summed E-state index contributed by atoms with van der Waals surface area (Å²) in [4.78, 5) is 10.8. The predicted molar refractivity (Wildman–Crippen MR) is 55.5 cm³/mol. The van der Waals surface area contributed by atoms with Gasteiger partial charge in [0.15, 0.2) is 5.72 Å². The highest BCUT2D eigenvalue weighted by Crippen LogP contribution is 2.35. The van der Waals surface area contributed by atoms with Gasteiger partial charge < -0.3 is 4.74 Å². The number of carbonyl (C=O) groups excluding carboxylic acids is 1. The molecule has 0 amide bonds. The average molecular weight is 199 g/mol. The summed E-state index contributed by atoms with van der Waals surface area (Å²) in [5.74, 6) is 1.18. The van der Waals surface area contributed by atoms with E-state index >= 15 is 0 Å². The summed E-state index contributed by atoms with van der Waals surface area (Å²) < 4.78 is 5.15. The molecule has 0 bridgehead atoms. The first-order valence-electron chi connectivity index (χ1n) is 5.41. The minimum Gasteiger partial charge on any atom is -0.444 e. The Morgan fingerprint density at radius 3 is 2.29 bits per heavy atom. The second-order valence-corrected chi connectivity index (χ2v) is 4.74. The van der Waals surface area contributed by atoms with Crippen LogP contribution in [0.1, 0.15) is 46.5 Å². The first-order chi connectivity index (χ1) is 6.43. The smallest absolute Gasteiger partial charge is 0.304 e. The second-order valence-electron chi connectivity index (χ2n) is 4.74. The van der Waals surface area contributed by atoms with Crippen LogP contribution < -0.4 is 5.73 Å². The molecule has 0 spiro atoms. The zero-order chi connectivity index (χ0) is 10.8. The molecule has 1 aliphatic rings. The molecule has 1 saturated carbocycles. The van der Waals surface area contributed by atoms with Gasteiger partial charge in [0.25, 0.3) is 0 Å². The number of esters is 1. The molecule has 0 aromatic rings. The van der Waals surface area contributed by atoms with Crippen LogP contribution in [0, 0.1) is 11.8 Å². The Morgan fingerprint density at radius 1 is 1.43 bits per heavy atom. The van der Waals surface area contributed by atoms with Gasteiger partial charge in [-0.1, -0.05) is 13.8 Å². The lowest BCUT2D eigenvalue weighted by molar-refractivity contribution is -0.161. The van der Waals surface area contributed by atoms with Crippen LogP contribution in [-0.2, 0) is 9.53 Å². The van der Waals surface area contributed by atoms with Crippen LogP contribution in [0.15, 0.2) is 0 Å². The summed E-state index contributed by atoms with van der Waals surface area (Å²) in [7, 11) is 0. The summed E-state index contributed by atoms with van der Waals surface area (Å²) in [6.45, 7) is 5.89. The monoisotopic (exact) mass is 199 g/mol. The number of ether oxygens (including phenoxy) is 1. The molecule has 1 aliphatic carbocycles. The standard InChI is InChI=1S/C11H21NO2/c1-8(2)10-4-6-11(12,7-5-10)14-9(3)13/h8,10H,4-7,12H2,1-3H3. The SMILES string of the molecule is CC(=O)OC1(N)CCC(C(C)C)CC1. The Morgan fingerprint density at radius 2 is 1.93 bits per heavy atom.